The van der Waals surface area contributed by atoms with Crippen molar-refractivity contribution in [3.8, 4) is 5.75 Å². The van der Waals surface area contributed by atoms with Crippen LogP contribution in [0.15, 0.2) is 58.5 Å². The van der Waals surface area contributed by atoms with Gasteiger partial charge in [-0.15, -0.1) is 0 Å². The molecule has 9 heteroatoms. The van der Waals surface area contributed by atoms with Gasteiger partial charge in [-0.2, -0.15) is 0 Å². The molecule has 4 aromatic rings. The number of aryl methyl sites for hydroxylation is 2. The molecule has 1 fully saturated rings. The van der Waals surface area contributed by atoms with Crippen molar-refractivity contribution in [3.63, 3.8) is 0 Å². The summed E-state index contributed by atoms with van der Waals surface area (Å²) in [6.07, 6.45) is 0. The number of ketones is 1. The lowest BCUT2D eigenvalue weighted by molar-refractivity contribution is -0.132. The van der Waals surface area contributed by atoms with E-state index in [9.17, 15) is 14.7 Å². The second kappa shape index (κ2) is 8.30. The summed E-state index contributed by atoms with van der Waals surface area (Å²) in [5.74, 6) is -0.180. The van der Waals surface area contributed by atoms with Gasteiger partial charge in [0.1, 0.15) is 23.0 Å². The van der Waals surface area contributed by atoms with Crippen LogP contribution in [0.3, 0.4) is 0 Å². The van der Waals surface area contributed by atoms with Gasteiger partial charge >= 0.3 is 5.91 Å². The van der Waals surface area contributed by atoms with Gasteiger partial charge in [0.05, 0.1) is 34.5 Å². The molecular formula is C25H19ClN2O5S. The molecule has 34 heavy (non-hydrogen) atoms. The Morgan fingerprint density at radius 3 is 2.53 bits per heavy atom. The summed E-state index contributed by atoms with van der Waals surface area (Å²) in [7, 11) is 1.57. The van der Waals surface area contributed by atoms with E-state index in [0.717, 1.165) is 4.70 Å². The van der Waals surface area contributed by atoms with E-state index >= 15 is 0 Å². The lowest BCUT2D eigenvalue weighted by atomic mass is 9.95. The van der Waals surface area contributed by atoms with Crippen molar-refractivity contribution < 1.29 is 23.8 Å². The summed E-state index contributed by atoms with van der Waals surface area (Å²) in [6.45, 7) is 3.44. The number of aliphatic hydroxyl groups excluding tert-OH is 1. The fourth-order valence-corrected chi connectivity index (χ4v) is 5.27. The molecule has 7 nitrogen and oxygen atoms in total. The number of ether oxygens (including phenoxy) is 1. The summed E-state index contributed by atoms with van der Waals surface area (Å²) in [5.41, 5.74) is 1.61. The number of amides is 1. The van der Waals surface area contributed by atoms with E-state index in [1.165, 1.54) is 16.2 Å². The number of carbonyl (C=O) groups is 2. The van der Waals surface area contributed by atoms with Crippen LogP contribution in [0.4, 0.5) is 5.13 Å². The van der Waals surface area contributed by atoms with Gasteiger partial charge in [0, 0.05) is 5.02 Å². The van der Waals surface area contributed by atoms with E-state index < -0.39 is 17.7 Å². The Bertz CT molecular complexity index is 1480. The number of aliphatic hydroxyl groups is 1. The van der Waals surface area contributed by atoms with Crippen LogP contribution in [-0.4, -0.2) is 28.9 Å². The quantitative estimate of drug-likeness (QED) is 0.219. The highest BCUT2D eigenvalue weighted by atomic mass is 35.5. The van der Waals surface area contributed by atoms with E-state index in [1.807, 2.05) is 6.07 Å². The Hall–Kier alpha value is -3.62. The number of methoxy groups -OCH3 is 1. The molecule has 1 amide bonds. The van der Waals surface area contributed by atoms with Crippen LogP contribution < -0.4 is 9.64 Å². The van der Waals surface area contributed by atoms with Crippen molar-refractivity contribution >= 4 is 55.7 Å². The lowest BCUT2D eigenvalue weighted by Crippen LogP contribution is -2.29. The lowest BCUT2D eigenvalue weighted by Gasteiger charge is -2.22. The predicted molar refractivity (Wildman–Crippen MR) is 131 cm³/mol. The molecule has 1 N–H and O–H groups in total. The Morgan fingerprint density at radius 1 is 1.15 bits per heavy atom. The summed E-state index contributed by atoms with van der Waals surface area (Å²) in [5, 5.41) is 12.1. The molecule has 172 valence electrons. The number of furan rings is 1. The van der Waals surface area contributed by atoms with E-state index in [1.54, 1.807) is 63.4 Å². The predicted octanol–water partition coefficient (Wildman–Crippen LogP) is 5.79. The summed E-state index contributed by atoms with van der Waals surface area (Å²) < 4.78 is 11.6. The van der Waals surface area contributed by atoms with Gasteiger partial charge < -0.3 is 14.3 Å². The van der Waals surface area contributed by atoms with Crippen molar-refractivity contribution in [1.82, 2.24) is 4.98 Å². The van der Waals surface area contributed by atoms with Crippen LogP contribution in [0.2, 0.25) is 5.02 Å². The molecule has 1 aliphatic heterocycles. The average molecular weight is 495 g/mol. The monoisotopic (exact) mass is 494 g/mol. The molecular weight excluding hydrogens is 476 g/mol. The highest BCUT2D eigenvalue weighted by Crippen LogP contribution is 2.45. The van der Waals surface area contributed by atoms with Crippen LogP contribution in [0.5, 0.6) is 5.75 Å². The highest BCUT2D eigenvalue weighted by molar-refractivity contribution is 7.22. The number of benzene rings is 2. The number of anilines is 1. The minimum atomic E-state index is -0.894. The number of thiazole rings is 1. The number of hydrogen-bond donors (Lipinski definition) is 1. The molecule has 1 saturated heterocycles. The van der Waals surface area contributed by atoms with E-state index in [2.05, 4.69) is 4.98 Å². The molecule has 1 unspecified atom stereocenters. The van der Waals surface area contributed by atoms with Crippen molar-refractivity contribution in [1.29, 1.82) is 0 Å². The SMILES string of the molecule is COc1ccc2nc(N3C(=O)C(=O)C(=C(O)c4cc(C)oc4C)C3c3ccc(Cl)cc3)sc2c1. The second-order valence-corrected chi connectivity index (χ2v) is 9.32. The van der Waals surface area contributed by atoms with Crippen molar-refractivity contribution in [2.24, 2.45) is 0 Å². The molecule has 0 saturated carbocycles. The molecule has 0 spiro atoms. The fraction of sp³-hybridized carbons (Fsp3) is 0.160. The summed E-state index contributed by atoms with van der Waals surface area (Å²) in [6, 6.07) is 12.9. The van der Waals surface area contributed by atoms with E-state index in [4.69, 9.17) is 20.8 Å². The highest BCUT2D eigenvalue weighted by Gasteiger charge is 2.48. The third-order valence-electron chi connectivity index (χ3n) is 5.72. The number of Topliss-reactive ketones (excluding diaryl/α,β-unsaturated/α-hetero) is 1. The van der Waals surface area contributed by atoms with Gasteiger partial charge in [0.15, 0.2) is 5.13 Å². The summed E-state index contributed by atoms with van der Waals surface area (Å²) >= 11 is 7.35. The van der Waals surface area contributed by atoms with Crippen LogP contribution in [0.25, 0.3) is 16.0 Å². The van der Waals surface area contributed by atoms with Gasteiger partial charge in [0.25, 0.3) is 5.78 Å². The average Bonchev–Trinajstić information content (AvgIpc) is 3.46. The second-order valence-electron chi connectivity index (χ2n) is 7.88. The van der Waals surface area contributed by atoms with E-state index in [0.29, 0.717) is 44.1 Å². The Labute approximate surface area is 203 Å². The first-order valence-corrected chi connectivity index (χ1v) is 11.6. The maximum absolute atomic E-state index is 13.3. The van der Waals surface area contributed by atoms with Gasteiger partial charge in [0.2, 0.25) is 0 Å². The first-order valence-electron chi connectivity index (χ1n) is 10.4. The minimum Gasteiger partial charge on any atom is -0.507 e. The van der Waals surface area contributed by atoms with Crippen molar-refractivity contribution in [2.75, 3.05) is 12.0 Å². The van der Waals surface area contributed by atoms with Gasteiger partial charge in [-0.3, -0.25) is 14.5 Å². The molecule has 0 radical (unpaired) electrons. The maximum Gasteiger partial charge on any atom is 0.301 e. The number of aromatic nitrogens is 1. The smallest absolute Gasteiger partial charge is 0.301 e. The molecule has 0 bridgehead atoms. The number of fused-ring (bicyclic) bond motifs is 1. The molecule has 2 aromatic heterocycles. The van der Waals surface area contributed by atoms with Crippen LogP contribution in [0, 0.1) is 13.8 Å². The topological polar surface area (TPSA) is 92.9 Å². The zero-order valence-electron chi connectivity index (χ0n) is 18.5. The fourth-order valence-electron chi connectivity index (χ4n) is 4.12. The van der Waals surface area contributed by atoms with Crippen LogP contribution in [0.1, 0.15) is 28.7 Å². The molecule has 0 aliphatic carbocycles. The molecule has 2 aromatic carbocycles. The number of rotatable bonds is 4. The zero-order chi connectivity index (χ0) is 24.1. The minimum absolute atomic E-state index is 0.0342. The Balaban J connectivity index is 1.73. The first-order chi connectivity index (χ1) is 16.3. The Morgan fingerprint density at radius 2 is 1.88 bits per heavy atom. The number of halogens is 1. The number of nitrogens with zero attached hydrogens (tertiary/aromatic N) is 2. The number of carbonyl (C=O) groups excluding carboxylic acids is 2. The third kappa shape index (κ3) is 3.55. The molecule has 1 atom stereocenters. The molecule has 3 heterocycles. The number of hydrogen-bond acceptors (Lipinski definition) is 7. The van der Waals surface area contributed by atoms with E-state index in [-0.39, 0.29) is 11.3 Å². The summed E-state index contributed by atoms with van der Waals surface area (Å²) in [4.78, 5) is 32.5. The first kappa shape index (κ1) is 22.2. The van der Waals surface area contributed by atoms with Crippen molar-refractivity contribution in [3.05, 3.63) is 81.8 Å². The maximum atomic E-state index is 13.3. The van der Waals surface area contributed by atoms with Gasteiger partial charge in [-0.25, -0.2) is 4.98 Å². The standard InChI is InChI=1S/C25H19ClN2O5S/c1-12-10-17(13(2)33-12)22(29)20-21(14-4-6-15(26)7-5-14)28(24(31)23(20)30)25-27-18-9-8-16(32-3)11-19(18)34-25/h4-11,21,29H,1-3H3. The van der Waals surface area contributed by atoms with Crippen LogP contribution >= 0.6 is 22.9 Å². The van der Waals surface area contributed by atoms with Crippen LogP contribution in [-0.2, 0) is 9.59 Å². The largest absolute Gasteiger partial charge is 0.507 e. The normalized spacial score (nSPS) is 17.6. The Kier molecular flexibility index (Phi) is 5.42. The zero-order valence-corrected chi connectivity index (χ0v) is 20.0. The van der Waals surface area contributed by atoms with Gasteiger partial charge in [-0.1, -0.05) is 35.1 Å². The van der Waals surface area contributed by atoms with Crippen molar-refractivity contribution in [2.45, 2.75) is 19.9 Å². The molecule has 5 rings (SSSR count). The van der Waals surface area contributed by atoms with Gasteiger partial charge in [-0.05, 0) is 55.8 Å². The molecule has 1 aliphatic rings. The third-order valence-corrected chi connectivity index (χ3v) is 6.99.